The highest BCUT2D eigenvalue weighted by Crippen LogP contribution is 2.40. The van der Waals surface area contributed by atoms with Crippen LogP contribution in [-0.2, 0) is 16.2 Å². The number of amides is 1. The summed E-state index contributed by atoms with van der Waals surface area (Å²) in [5.41, 5.74) is 2.31. The highest BCUT2D eigenvalue weighted by Gasteiger charge is 2.45. The molecule has 0 aromatic heterocycles. The fraction of sp³-hybridized carbons (Fsp3) is 0.333. The van der Waals surface area contributed by atoms with Crippen LogP contribution in [0, 0.1) is 0 Å². The number of aliphatic hydroxyl groups is 1. The number of aliphatic hydroxyl groups excluding tert-OH is 1. The normalized spacial score (nSPS) is 16.5. The Hall–Kier alpha value is -4.10. The Kier molecular flexibility index (Phi) is 9.97. The van der Waals surface area contributed by atoms with Crippen molar-refractivity contribution >= 4 is 17.4 Å². The first kappa shape index (κ1) is 28.9. The molecule has 1 fully saturated rings. The third-order valence-electron chi connectivity index (χ3n) is 6.86. The standard InChI is InChI=1S/C33H38N2O5/c1-4-5-21-39-28-14-9-13-26(22-28)31(36)29-30(35(33(38)32(29)37)20-10-19-34(2)3)25-15-17-27(18-16-25)40-23-24-11-7-6-8-12-24/h6-9,11-18,22,30,36H,4-5,10,19-21,23H2,1-3H3/b31-29+. The average Bonchev–Trinajstić information content (AvgIpc) is 3.22. The smallest absolute Gasteiger partial charge is 0.295 e. The number of carbonyl (C=O) groups excluding carboxylic acids is 2. The minimum Gasteiger partial charge on any atom is -0.507 e. The van der Waals surface area contributed by atoms with Gasteiger partial charge in [-0.05, 0) is 68.9 Å². The van der Waals surface area contributed by atoms with Crippen molar-refractivity contribution in [3.63, 3.8) is 0 Å². The summed E-state index contributed by atoms with van der Waals surface area (Å²) in [5.74, 6) is -0.216. The summed E-state index contributed by atoms with van der Waals surface area (Å²) in [6.45, 7) is 4.23. The number of hydrogen-bond donors (Lipinski definition) is 1. The molecule has 40 heavy (non-hydrogen) atoms. The minimum absolute atomic E-state index is 0.0820. The summed E-state index contributed by atoms with van der Waals surface area (Å²) in [5, 5.41) is 11.4. The first-order valence-corrected chi connectivity index (χ1v) is 13.8. The van der Waals surface area contributed by atoms with Gasteiger partial charge >= 0.3 is 0 Å². The van der Waals surface area contributed by atoms with Crippen LogP contribution in [-0.4, -0.2) is 60.4 Å². The van der Waals surface area contributed by atoms with Crippen molar-refractivity contribution in [3.8, 4) is 11.5 Å². The molecule has 1 atom stereocenters. The number of ether oxygens (including phenoxy) is 2. The quantitative estimate of drug-likeness (QED) is 0.127. The molecular formula is C33H38N2O5. The topological polar surface area (TPSA) is 79.3 Å². The fourth-order valence-electron chi connectivity index (χ4n) is 4.72. The molecule has 0 spiro atoms. The Balaban J connectivity index is 1.65. The third kappa shape index (κ3) is 7.10. The lowest BCUT2D eigenvalue weighted by Gasteiger charge is -2.26. The van der Waals surface area contributed by atoms with E-state index >= 15 is 0 Å². The van der Waals surface area contributed by atoms with Gasteiger partial charge in [0.1, 0.15) is 23.9 Å². The van der Waals surface area contributed by atoms with Crippen molar-refractivity contribution < 1.29 is 24.2 Å². The summed E-state index contributed by atoms with van der Waals surface area (Å²) in [7, 11) is 3.94. The first-order valence-electron chi connectivity index (χ1n) is 13.8. The van der Waals surface area contributed by atoms with Gasteiger partial charge in [0.05, 0.1) is 18.2 Å². The van der Waals surface area contributed by atoms with Gasteiger partial charge < -0.3 is 24.4 Å². The van der Waals surface area contributed by atoms with Gasteiger partial charge in [-0.15, -0.1) is 0 Å². The zero-order chi connectivity index (χ0) is 28.5. The van der Waals surface area contributed by atoms with Gasteiger partial charge in [-0.2, -0.15) is 0 Å². The van der Waals surface area contributed by atoms with E-state index in [-0.39, 0.29) is 11.3 Å². The van der Waals surface area contributed by atoms with Gasteiger partial charge in [0.15, 0.2) is 0 Å². The molecule has 0 aliphatic carbocycles. The summed E-state index contributed by atoms with van der Waals surface area (Å²) in [4.78, 5) is 30.2. The van der Waals surface area contributed by atoms with Crippen LogP contribution in [0.25, 0.3) is 5.76 Å². The van der Waals surface area contributed by atoms with Gasteiger partial charge in [0.25, 0.3) is 11.7 Å². The lowest BCUT2D eigenvalue weighted by molar-refractivity contribution is -0.139. The number of carbonyl (C=O) groups is 2. The second-order valence-electron chi connectivity index (χ2n) is 10.2. The maximum absolute atomic E-state index is 13.4. The lowest BCUT2D eigenvalue weighted by atomic mass is 9.95. The Morgan fingerprint density at radius 2 is 1.65 bits per heavy atom. The van der Waals surface area contributed by atoms with Crippen molar-refractivity contribution in [2.45, 2.75) is 38.8 Å². The van der Waals surface area contributed by atoms with E-state index in [1.807, 2.05) is 79.7 Å². The van der Waals surface area contributed by atoms with Crippen molar-refractivity contribution in [1.82, 2.24) is 9.80 Å². The molecule has 0 bridgehead atoms. The third-order valence-corrected chi connectivity index (χ3v) is 6.86. The molecule has 1 saturated heterocycles. The number of Topliss-reactive ketones (excluding diaryl/α,β-unsaturated/α-hetero) is 1. The molecule has 1 aliphatic rings. The molecule has 1 aliphatic heterocycles. The van der Waals surface area contributed by atoms with E-state index in [1.54, 1.807) is 23.1 Å². The molecule has 210 valence electrons. The van der Waals surface area contributed by atoms with Crippen molar-refractivity contribution in [2.75, 3.05) is 33.8 Å². The van der Waals surface area contributed by atoms with Crippen LogP contribution in [0.1, 0.15) is 48.9 Å². The predicted molar refractivity (Wildman–Crippen MR) is 156 cm³/mol. The molecule has 7 heteroatoms. The summed E-state index contributed by atoms with van der Waals surface area (Å²) >= 11 is 0. The Labute approximate surface area is 236 Å². The highest BCUT2D eigenvalue weighted by atomic mass is 16.5. The highest BCUT2D eigenvalue weighted by molar-refractivity contribution is 6.46. The molecule has 3 aromatic carbocycles. The van der Waals surface area contributed by atoms with Crippen LogP contribution in [0.2, 0.25) is 0 Å². The number of rotatable bonds is 13. The van der Waals surface area contributed by atoms with Crippen LogP contribution in [0.15, 0.2) is 84.4 Å². The van der Waals surface area contributed by atoms with E-state index in [1.165, 1.54) is 0 Å². The van der Waals surface area contributed by atoms with E-state index in [0.29, 0.717) is 43.2 Å². The summed E-state index contributed by atoms with van der Waals surface area (Å²) < 4.78 is 11.7. The van der Waals surface area contributed by atoms with Gasteiger partial charge in [0, 0.05) is 12.1 Å². The van der Waals surface area contributed by atoms with Crippen molar-refractivity contribution in [2.24, 2.45) is 0 Å². The molecule has 4 rings (SSSR count). The second kappa shape index (κ2) is 13.8. The monoisotopic (exact) mass is 542 g/mol. The molecule has 1 heterocycles. The minimum atomic E-state index is -0.713. The van der Waals surface area contributed by atoms with Crippen LogP contribution < -0.4 is 9.47 Å². The molecular weight excluding hydrogens is 504 g/mol. The second-order valence-corrected chi connectivity index (χ2v) is 10.2. The Morgan fingerprint density at radius 1 is 0.900 bits per heavy atom. The van der Waals surface area contributed by atoms with Gasteiger partial charge in [-0.1, -0.05) is 67.9 Å². The predicted octanol–water partition coefficient (Wildman–Crippen LogP) is 5.82. The van der Waals surface area contributed by atoms with E-state index in [0.717, 1.165) is 30.5 Å². The van der Waals surface area contributed by atoms with E-state index < -0.39 is 17.7 Å². The molecule has 7 nitrogen and oxygen atoms in total. The molecule has 1 amide bonds. The van der Waals surface area contributed by atoms with Crippen molar-refractivity contribution in [3.05, 3.63) is 101 Å². The molecule has 1 unspecified atom stereocenters. The van der Waals surface area contributed by atoms with E-state index in [9.17, 15) is 14.7 Å². The average molecular weight is 543 g/mol. The Morgan fingerprint density at radius 3 is 2.35 bits per heavy atom. The van der Waals surface area contributed by atoms with E-state index in [2.05, 4.69) is 6.92 Å². The lowest BCUT2D eigenvalue weighted by Crippen LogP contribution is -2.32. The summed E-state index contributed by atoms with van der Waals surface area (Å²) in [6, 6.07) is 23.6. The van der Waals surface area contributed by atoms with Gasteiger partial charge in [-0.3, -0.25) is 9.59 Å². The van der Waals surface area contributed by atoms with Crippen LogP contribution >= 0.6 is 0 Å². The van der Waals surface area contributed by atoms with Crippen molar-refractivity contribution in [1.29, 1.82) is 0 Å². The van der Waals surface area contributed by atoms with Crippen LogP contribution in [0.5, 0.6) is 11.5 Å². The fourth-order valence-corrected chi connectivity index (χ4v) is 4.72. The molecule has 0 radical (unpaired) electrons. The zero-order valence-corrected chi connectivity index (χ0v) is 23.5. The molecule has 0 saturated carbocycles. The zero-order valence-electron chi connectivity index (χ0n) is 23.5. The SMILES string of the molecule is CCCCOc1cccc(/C(O)=C2\C(=O)C(=O)N(CCCN(C)C)C2c2ccc(OCc3ccccc3)cc2)c1. The van der Waals surface area contributed by atoms with Gasteiger partial charge in [0.2, 0.25) is 0 Å². The number of ketones is 1. The number of hydrogen-bond acceptors (Lipinski definition) is 6. The number of unbranched alkanes of at least 4 members (excludes halogenated alkanes) is 1. The molecule has 3 aromatic rings. The van der Waals surface area contributed by atoms with E-state index in [4.69, 9.17) is 9.47 Å². The van der Waals surface area contributed by atoms with Crippen LogP contribution in [0.3, 0.4) is 0 Å². The maximum Gasteiger partial charge on any atom is 0.295 e. The Bertz CT molecular complexity index is 1320. The van der Waals surface area contributed by atoms with Gasteiger partial charge in [-0.25, -0.2) is 0 Å². The molecule has 1 N–H and O–H groups in total. The first-order chi connectivity index (χ1) is 19.4. The number of likely N-dealkylation sites (tertiary alicyclic amines) is 1. The largest absolute Gasteiger partial charge is 0.507 e. The number of nitrogens with zero attached hydrogens (tertiary/aromatic N) is 2. The maximum atomic E-state index is 13.4. The van der Waals surface area contributed by atoms with Crippen LogP contribution in [0.4, 0.5) is 0 Å². The summed E-state index contributed by atoms with van der Waals surface area (Å²) in [6.07, 6.45) is 2.61. The number of benzene rings is 3.